The topological polar surface area (TPSA) is 62.5 Å². The van der Waals surface area contributed by atoms with E-state index in [1.54, 1.807) is 5.56 Å². The molecular formula is C42H36N4. The van der Waals surface area contributed by atoms with E-state index in [1.807, 2.05) is 42.5 Å². The highest BCUT2D eigenvalue weighted by atomic mass is 15.0. The van der Waals surface area contributed by atoms with E-state index >= 15 is 0 Å². The number of benzene rings is 4. The van der Waals surface area contributed by atoms with Crippen LogP contribution in [-0.4, -0.2) is 15.0 Å². The summed E-state index contributed by atoms with van der Waals surface area (Å²) in [6.07, 6.45) is 8.86. The van der Waals surface area contributed by atoms with Crippen molar-refractivity contribution in [3.8, 4) is 51.4 Å². The molecular weight excluding hydrogens is 560 g/mol. The van der Waals surface area contributed by atoms with Crippen LogP contribution in [0.25, 0.3) is 45.3 Å². The van der Waals surface area contributed by atoms with Gasteiger partial charge in [0.05, 0.1) is 11.6 Å². The normalized spacial score (nSPS) is 31.2. The van der Waals surface area contributed by atoms with E-state index in [1.165, 1.54) is 38.5 Å². The molecule has 8 bridgehead atoms. The van der Waals surface area contributed by atoms with Crippen LogP contribution in [0.3, 0.4) is 0 Å². The van der Waals surface area contributed by atoms with Crippen molar-refractivity contribution in [2.45, 2.75) is 43.9 Å². The standard InChI is InChI=1S/C42H36N4/c43-24-25-6-8-27(9-7-25)28-10-12-30(13-11-28)40-44-39(29-4-2-1-3-5-29)45-41(46-40)31-14-16-32(17-15-31)42-21-36-33-18-26-19-34(36)38(23-42)35(20-26)37(33)22-42/h1-17,26,33-38H,18-23H2. The second kappa shape index (κ2) is 9.94. The largest absolute Gasteiger partial charge is 0.208 e. The summed E-state index contributed by atoms with van der Waals surface area (Å²) < 4.78 is 0. The fraction of sp³-hybridized carbons (Fsp3) is 0.333. The minimum Gasteiger partial charge on any atom is -0.208 e. The molecule has 4 nitrogen and oxygen atoms in total. The molecule has 0 saturated heterocycles. The highest BCUT2D eigenvalue weighted by Crippen LogP contribution is 2.74. The Hall–Kier alpha value is -4.62. The van der Waals surface area contributed by atoms with E-state index in [-0.39, 0.29) is 0 Å². The minimum atomic E-state index is 0.377. The SMILES string of the molecule is N#Cc1ccc(-c2ccc(-c3nc(-c4ccccc4)nc(-c4ccc(C56CC7C8CC9CC7C(C5)C(C9)C8C6)cc4)n3)cc2)cc1. The summed E-state index contributed by atoms with van der Waals surface area (Å²) in [6.45, 7) is 0. The third kappa shape index (κ3) is 4.00. The first-order chi connectivity index (χ1) is 22.6. The van der Waals surface area contributed by atoms with Crippen molar-refractivity contribution < 1.29 is 0 Å². The third-order valence-electron chi connectivity index (χ3n) is 12.9. The molecule has 224 valence electrons. The Balaban J connectivity index is 0.989. The Bertz CT molecular complexity index is 1930. The molecule has 0 N–H and O–H groups in total. The molecule has 5 aromatic rings. The van der Waals surface area contributed by atoms with Crippen LogP contribution < -0.4 is 0 Å². The lowest BCUT2D eigenvalue weighted by atomic mass is 9.32. The number of hydrogen-bond acceptors (Lipinski definition) is 4. The zero-order chi connectivity index (χ0) is 30.4. The van der Waals surface area contributed by atoms with Gasteiger partial charge in [0, 0.05) is 16.7 Å². The smallest absolute Gasteiger partial charge is 0.164 e. The minimum absolute atomic E-state index is 0.377. The number of nitrogens with zero attached hydrogens (tertiary/aromatic N) is 4. The molecule has 7 saturated carbocycles. The maximum absolute atomic E-state index is 9.16. The van der Waals surface area contributed by atoms with E-state index in [9.17, 15) is 0 Å². The molecule has 7 fully saturated rings. The maximum atomic E-state index is 9.16. The van der Waals surface area contributed by atoms with Crippen LogP contribution >= 0.6 is 0 Å². The molecule has 0 unspecified atom stereocenters. The first-order valence-corrected chi connectivity index (χ1v) is 17.2. The van der Waals surface area contributed by atoms with Crippen LogP contribution in [0.4, 0.5) is 0 Å². The maximum Gasteiger partial charge on any atom is 0.164 e. The Labute approximate surface area is 270 Å². The van der Waals surface area contributed by atoms with Crippen LogP contribution in [-0.2, 0) is 5.41 Å². The summed E-state index contributed by atoms with van der Waals surface area (Å²) in [4.78, 5) is 15.0. The van der Waals surface area contributed by atoms with Crippen molar-refractivity contribution in [3.05, 3.63) is 114 Å². The van der Waals surface area contributed by atoms with Crippen molar-refractivity contribution in [3.63, 3.8) is 0 Å². The molecule has 0 radical (unpaired) electrons. The monoisotopic (exact) mass is 596 g/mol. The number of aromatic nitrogens is 3. The van der Waals surface area contributed by atoms with Crippen molar-refractivity contribution in [2.75, 3.05) is 0 Å². The van der Waals surface area contributed by atoms with E-state index in [0.29, 0.717) is 28.5 Å². The van der Waals surface area contributed by atoms with Gasteiger partial charge in [-0.2, -0.15) is 5.26 Å². The molecule has 0 atom stereocenters. The number of hydrogen-bond donors (Lipinski definition) is 0. The molecule has 0 aliphatic heterocycles. The molecule has 0 spiro atoms. The van der Waals surface area contributed by atoms with E-state index in [0.717, 1.165) is 69.2 Å². The highest BCUT2D eigenvalue weighted by molar-refractivity contribution is 5.70. The molecule has 12 rings (SSSR count). The second-order valence-electron chi connectivity index (χ2n) is 15.0. The van der Waals surface area contributed by atoms with Gasteiger partial charge < -0.3 is 0 Å². The van der Waals surface area contributed by atoms with Crippen molar-refractivity contribution >= 4 is 0 Å². The van der Waals surface area contributed by atoms with Gasteiger partial charge in [-0.15, -0.1) is 0 Å². The molecule has 1 heterocycles. The zero-order valence-electron chi connectivity index (χ0n) is 25.9. The Morgan fingerprint density at radius 2 is 0.891 bits per heavy atom. The lowest BCUT2D eigenvalue weighted by molar-refractivity contribution is -0.212. The van der Waals surface area contributed by atoms with Crippen molar-refractivity contribution in [1.82, 2.24) is 15.0 Å². The van der Waals surface area contributed by atoms with Crippen LogP contribution in [0.2, 0.25) is 0 Å². The van der Waals surface area contributed by atoms with Gasteiger partial charge in [-0.1, -0.05) is 91.0 Å². The lowest BCUT2D eigenvalue weighted by Gasteiger charge is -2.72. The van der Waals surface area contributed by atoms with Gasteiger partial charge in [-0.25, -0.2) is 15.0 Å². The lowest BCUT2D eigenvalue weighted by Crippen LogP contribution is -2.66. The molecule has 46 heavy (non-hydrogen) atoms. The number of nitriles is 1. The fourth-order valence-corrected chi connectivity index (χ4v) is 11.1. The molecule has 4 heteroatoms. The molecule has 7 aliphatic rings. The van der Waals surface area contributed by atoms with Crippen molar-refractivity contribution in [1.29, 1.82) is 5.26 Å². The highest BCUT2D eigenvalue weighted by Gasteiger charge is 2.67. The average Bonchev–Trinajstić information content (AvgIpc) is 3.14. The van der Waals surface area contributed by atoms with Gasteiger partial charge in [0.1, 0.15) is 0 Å². The quantitative estimate of drug-likeness (QED) is 0.203. The van der Waals surface area contributed by atoms with Gasteiger partial charge in [0.15, 0.2) is 17.5 Å². The first kappa shape index (κ1) is 26.6. The fourth-order valence-electron chi connectivity index (χ4n) is 11.1. The number of rotatable bonds is 5. The Morgan fingerprint density at radius 1 is 0.478 bits per heavy atom. The predicted molar refractivity (Wildman–Crippen MR) is 180 cm³/mol. The van der Waals surface area contributed by atoms with E-state index < -0.39 is 0 Å². The third-order valence-corrected chi connectivity index (χ3v) is 12.9. The van der Waals surface area contributed by atoms with Gasteiger partial charge in [-0.05, 0) is 114 Å². The van der Waals surface area contributed by atoms with Crippen molar-refractivity contribution in [2.24, 2.45) is 41.4 Å². The summed E-state index contributed by atoms with van der Waals surface area (Å²) in [6, 6.07) is 37.8. The summed E-state index contributed by atoms with van der Waals surface area (Å²) in [5.41, 5.74) is 7.74. The van der Waals surface area contributed by atoms with Crippen LogP contribution in [0, 0.1) is 52.8 Å². The predicted octanol–water partition coefficient (Wildman–Crippen LogP) is 9.37. The zero-order valence-corrected chi connectivity index (χ0v) is 25.9. The molecule has 4 aromatic carbocycles. The van der Waals surface area contributed by atoms with Gasteiger partial charge in [0.2, 0.25) is 0 Å². The second-order valence-corrected chi connectivity index (χ2v) is 15.0. The Morgan fingerprint density at radius 3 is 1.37 bits per heavy atom. The summed E-state index contributed by atoms with van der Waals surface area (Å²) >= 11 is 0. The summed E-state index contributed by atoms with van der Waals surface area (Å²) in [7, 11) is 0. The summed E-state index contributed by atoms with van der Waals surface area (Å²) in [5.74, 6) is 9.16. The van der Waals surface area contributed by atoms with Crippen LogP contribution in [0.15, 0.2) is 103 Å². The van der Waals surface area contributed by atoms with Gasteiger partial charge >= 0.3 is 0 Å². The average molecular weight is 597 g/mol. The first-order valence-electron chi connectivity index (χ1n) is 17.2. The Kier molecular flexibility index (Phi) is 5.74. The molecule has 0 amide bonds. The van der Waals surface area contributed by atoms with Gasteiger partial charge in [0.25, 0.3) is 0 Å². The van der Waals surface area contributed by atoms with Crippen LogP contribution in [0.1, 0.15) is 49.7 Å². The molecule has 1 aromatic heterocycles. The molecule has 7 aliphatic carbocycles. The van der Waals surface area contributed by atoms with E-state index in [4.69, 9.17) is 20.2 Å². The van der Waals surface area contributed by atoms with Gasteiger partial charge in [-0.3, -0.25) is 0 Å². The van der Waals surface area contributed by atoms with E-state index in [2.05, 4.69) is 66.7 Å². The summed E-state index contributed by atoms with van der Waals surface area (Å²) in [5, 5.41) is 9.16. The van der Waals surface area contributed by atoms with Crippen LogP contribution in [0.5, 0.6) is 0 Å².